The van der Waals surface area contributed by atoms with Crippen LogP contribution in [0.15, 0.2) is 83.9 Å². The maximum absolute atomic E-state index is 13.7. The van der Waals surface area contributed by atoms with Crippen molar-refractivity contribution in [3.05, 3.63) is 90.0 Å². The molecule has 4 rings (SSSR count). The lowest BCUT2D eigenvalue weighted by Gasteiger charge is -2.27. The molecule has 10 heteroatoms. The summed E-state index contributed by atoms with van der Waals surface area (Å²) in [5.41, 5.74) is 3.20. The number of aliphatic imine (C=N–C) groups is 1. The molecule has 2 N–H and O–H groups in total. The summed E-state index contributed by atoms with van der Waals surface area (Å²) in [6.07, 6.45) is -1.28. The van der Waals surface area contributed by atoms with E-state index in [-0.39, 0.29) is 12.5 Å². The normalized spacial score (nSPS) is 14.5. The molecule has 0 aromatic heterocycles. The molecule has 9 nitrogen and oxygen atoms in total. The van der Waals surface area contributed by atoms with Crippen LogP contribution in [0, 0.1) is 11.3 Å². The van der Waals surface area contributed by atoms with Crippen molar-refractivity contribution in [3.63, 3.8) is 0 Å². The lowest BCUT2D eigenvalue weighted by molar-refractivity contribution is -0.123. The van der Waals surface area contributed by atoms with Crippen LogP contribution in [0.1, 0.15) is 11.1 Å². The van der Waals surface area contributed by atoms with E-state index in [0.717, 1.165) is 0 Å². The standard InChI is InChI=1S/C27H23BrN6O3/c1-33(20-10-3-2-4-11-20)24(35)17-34-23-13-6-5-12-21(23)22(15-28)31-25(26(34)36)32-27(37)30-19-9-7-8-18(14-19)16-29/h2-14,25H,15,17H2,1H3,(H2,30,32,37). The molecule has 0 fully saturated rings. The van der Waals surface area contributed by atoms with Gasteiger partial charge in [0.05, 0.1) is 23.0 Å². The van der Waals surface area contributed by atoms with Gasteiger partial charge in [0.2, 0.25) is 12.1 Å². The fourth-order valence-corrected chi connectivity index (χ4v) is 4.31. The summed E-state index contributed by atoms with van der Waals surface area (Å²) in [5, 5.41) is 14.6. The number of nitrogens with zero attached hydrogens (tertiary/aromatic N) is 4. The molecule has 1 aliphatic heterocycles. The van der Waals surface area contributed by atoms with Crippen molar-refractivity contribution >= 4 is 56.5 Å². The average molecular weight is 559 g/mol. The number of rotatable bonds is 6. The first kappa shape index (κ1) is 25.6. The van der Waals surface area contributed by atoms with E-state index in [0.29, 0.717) is 39.2 Å². The van der Waals surface area contributed by atoms with E-state index in [1.54, 1.807) is 49.5 Å². The van der Waals surface area contributed by atoms with Gasteiger partial charge >= 0.3 is 6.03 Å². The van der Waals surface area contributed by atoms with Crippen LogP contribution >= 0.6 is 15.9 Å². The van der Waals surface area contributed by atoms with Gasteiger partial charge in [0.15, 0.2) is 0 Å². The zero-order valence-electron chi connectivity index (χ0n) is 19.9. The van der Waals surface area contributed by atoms with E-state index in [1.165, 1.54) is 15.9 Å². The van der Waals surface area contributed by atoms with E-state index in [2.05, 4.69) is 31.6 Å². The maximum Gasteiger partial charge on any atom is 0.321 e. The number of anilines is 3. The Labute approximate surface area is 222 Å². The summed E-state index contributed by atoms with van der Waals surface area (Å²) in [4.78, 5) is 47.1. The van der Waals surface area contributed by atoms with Crippen molar-refractivity contribution in [3.8, 4) is 6.07 Å². The Morgan fingerprint density at radius 3 is 2.54 bits per heavy atom. The Hall–Kier alpha value is -4.49. The van der Waals surface area contributed by atoms with Crippen molar-refractivity contribution in [2.24, 2.45) is 4.99 Å². The van der Waals surface area contributed by atoms with E-state index >= 15 is 0 Å². The number of nitriles is 1. The molecule has 3 aromatic rings. The minimum absolute atomic E-state index is 0.254. The van der Waals surface area contributed by atoms with Crippen LogP contribution in [0.25, 0.3) is 0 Å². The van der Waals surface area contributed by atoms with Gasteiger partial charge in [0.25, 0.3) is 5.91 Å². The molecule has 0 spiro atoms. The fraction of sp³-hybridized carbons (Fsp3) is 0.148. The molecule has 186 valence electrons. The Balaban J connectivity index is 1.62. The third kappa shape index (κ3) is 5.85. The van der Waals surface area contributed by atoms with Crippen LogP contribution in [0.4, 0.5) is 21.9 Å². The highest BCUT2D eigenvalue weighted by atomic mass is 79.9. The molecule has 1 unspecified atom stereocenters. The molecule has 3 aromatic carbocycles. The molecule has 1 atom stereocenters. The van der Waals surface area contributed by atoms with Crippen molar-refractivity contribution in [2.75, 3.05) is 34.0 Å². The van der Waals surface area contributed by atoms with Crippen LogP contribution in [-0.2, 0) is 9.59 Å². The highest BCUT2D eigenvalue weighted by molar-refractivity contribution is 9.09. The molecule has 1 heterocycles. The number of fused-ring (bicyclic) bond motifs is 1. The number of halogens is 1. The summed E-state index contributed by atoms with van der Waals surface area (Å²) in [7, 11) is 1.64. The van der Waals surface area contributed by atoms with Gasteiger partial charge in [-0.05, 0) is 36.4 Å². The quantitative estimate of drug-likeness (QED) is 0.446. The largest absolute Gasteiger partial charge is 0.321 e. The minimum atomic E-state index is -1.28. The number of carbonyl (C=O) groups excluding carboxylic acids is 3. The molecular formula is C27H23BrN6O3. The molecular weight excluding hydrogens is 536 g/mol. The van der Waals surface area contributed by atoms with Crippen molar-refractivity contribution in [1.82, 2.24) is 5.32 Å². The van der Waals surface area contributed by atoms with Crippen LogP contribution < -0.4 is 20.4 Å². The number of benzene rings is 3. The number of para-hydroxylation sites is 2. The molecule has 37 heavy (non-hydrogen) atoms. The van der Waals surface area contributed by atoms with E-state index in [9.17, 15) is 14.4 Å². The fourth-order valence-electron chi connectivity index (χ4n) is 3.86. The predicted molar refractivity (Wildman–Crippen MR) is 146 cm³/mol. The van der Waals surface area contributed by atoms with Crippen LogP contribution in [-0.4, -0.2) is 48.6 Å². The molecule has 1 aliphatic rings. The molecule has 0 saturated heterocycles. The van der Waals surface area contributed by atoms with Crippen LogP contribution in [0.2, 0.25) is 0 Å². The van der Waals surface area contributed by atoms with Crippen molar-refractivity contribution < 1.29 is 14.4 Å². The van der Waals surface area contributed by atoms with Crippen molar-refractivity contribution in [2.45, 2.75) is 6.17 Å². The molecule has 0 aliphatic carbocycles. The molecule has 0 radical (unpaired) electrons. The number of urea groups is 1. The van der Waals surface area contributed by atoms with E-state index < -0.39 is 18.1 Å². The third-order valence-corrected chi connectivity index (χ3v) is 6.28. The van der Waals surface area contributed by atoms with Crippen molar-refractivity contribution in [1.29, 1.82) is 5.26 Å². The number of carbonyl (C=O) groups is 3. The zero-order chi connectivity index (χ0) is 26.4. The average Bonchev–Trinajstić information content (AvgIpc) is 3.03. The molecule has 0 saturated carbocycles. The number of hydrogen-bond acceptors (Lipinski definition) is 5. The van der Waals surface area contributed by atoms with Gasteiger partial charge in [-0.3, -0.25) is 19.5 Å². The number of benzodiazepines with no additional fused rings is 1. The second-order valence-corrected chi connectivity index (χ2v) is 8.69. The lowest BCUT2D eigenvalue weighted by Crippen LogP contribution is -2.51. The van der Waals surface area contributed by atoms with Gasteiger partial charge in [-0.25, -0.2) is 4.79 Å². The highest BCUT2D eigenvalue weighted by Gasteiger charge is 2.34. The van der Waals surface area contributed by atoms with Gasteiger partial charge in [-0.15, -0.1) is 0 Å². The minimum Gasteiger partial charge on any atom is -0.314 e. The SMILES string of the molecule is CN(C(=O)CN1C(=O)C(NC(=O)Nc2cccc(C#N)c2)N=C(CBr)c2ccccc21)c1ccccc1. The number of amides is 4. The summed E-state index contributed by atoms with van der Waals surface area (Å²) in [6, 6.07) is 24.0. The summed E-state index contributed by atoms with van der Waals surface area (Å²) < 4.78 is 0. The maximum atomic E-state index is 13.7. The monoisotopic (exact) mass is 558 g/mol. The van der Waals surface area contributed by atoms with Gasteiger partial charge in [-0.2, -0.15) is 5.26 Å². The highest BCUT2D eigenvalue weighted by Crippen LogP contribution is 2.27. The van der Waals surface area contributed by atoms with Gasteiger partial charge in [-0.1, -0.05) is 58.4 Å². The first-order valence-electron chi connectivity index (χ1n) is 11.3. The number of likely N-dealkylation sites (N-methyl/N-ethyl adjacent to an activating group) is 1. The second kappa shape index (κ2) is 11.5. The van der Waals surface area contributed by atoms with Crippen LogP contribution in [0.5, 0.6) is 0 Å². The second-order valence-electron chi connectivity index (χ2n) is 8.13. The Bertz CT molecular complexity index is 1400. The van der Waals surface area contributed by atoms with Gasteiger partial charge in [0, 0.05) is 29.3 Å². The van der Waals surface area contributed by atoms with Crippen LogP contribution in [0.3, 0.4) is 0 Å². The Morgan fingerprint density at radius 1 is 1.08 bits per heavy atom. The summed E-state index contributed by atoms with van der Waals surface area (Å²) >= 11 is 3.43. The number of nitrogens with one attached hydrogen (secondary N) is 2. The topological polar surface area (TPSA) is 118 Å². The van der Waals surface area contributed by atoms with E-state index in [4.69, 9.17) is 5.26 Å². The molecule has 0 bridgehead atoms. The summed E-state index contributed by atoms with van der Waals surface area (Å²) in [6.45, 7) is -0.254. The molecule has 4 amide bonds. The first-order valence-corrected chi connectivity index (χ1v) is 12.5. The Morgan fingerprint density at radius 2 is 1.81 bits per heavy atom. The number of alkyl halides is 1. The number of hydrogen-bond donors (Lipinski definition) is 2. The Kier molecular flexibility index (Phi) is 7.95. The van der Waals surface area contributed by atoms with E-state index in [1.807, 2.05) is 36.4 Å². The predicted octanol–water partition coefficient (Wildman–Crippen LogP) is 3.90. The van der Waals surface area contributed by atoms with Gasteiger partial charge in [0.1, 0.15) is 6.54 Å². The lowest BCUT2D eigenvalue weighted by atomic mass is 10.1. The first-order chi connectivity index (χ1) is 17.9. The van der Waals surface area contributed by atoms with Gasteiger partial charge < -0.3 is 15.5 Å². The zero-order valence-corrected chi connectivity index (χ0v) is 21.5. The summed E-state index contributed by atoms with van der Waals surface area (Å²) in [5.74, 6) is -0.868. The third-order valence-electron chi connectivity index (χ3n) is 5.75. The smallest absolute Gasteiger partial charge is 0.314 e.